The van der Waals surface area contributed by atoms with Crippen LogP contribution >= 0.6 is 11.6 Å². The van der Waals surface area contributed by atoms with Gasteiger partial charge in [0.1, 0.15) is 5.15 Å². The highest BCUT2D eigenvalue weighted by molar-refractivity contribution is 6.30. The smallest absolute Gasteiger partial charge is 0.312 e. The predicted molar refractivity (Wildman–Crippen MR) is 105 cm³/mol. The van der Waals surface area contributed by atoms with Crippen LogP contribution in [0.5, 0.6) is 0 Å². The minimum Gasteiger partial charge on any atom is -0.312 e. The van der Waals surface area contributed by atoms with Crippen LogP contribution in [0, 0.1) is 5.92 Å². The van der Waals surface area contributed by atoms with Crippen molar-refractivity contribution in [2.75, 3.05) is 26.2 Å². The van der Waals surface area contributed by atoms with Crippen LogP contribution in [0.15, 0.2) is 30.3 Å². The van der Waals surface area contributed by atoms with Crippen LogP contribution in [0.4, 0.5) is 13.2 Å². The molecular weight excluding hydrogens is 389 g/mol. The average Bonchev–Trinajstić information content (AvgIpc) is 3.19. The van der Waals surface area contributed by atoms with E-state index in [2.05, 4.69) is 19.2 Å². The number of nitrogens with zero attached hydrogens (tertiary/aromatic N) is 3. The molecule has 3 rings (SSSR count). The van der Waals surface area contributed by atoms with E-state index in [0.29, 0.717) is 31.3 Å². The van der Waals surface area contributed by atoms with Crippen molar-refractivity contribution in [3.63, 3.8) is 0 Å². The molecule has 1 aromatic heterocycles. The van der Waals surface area contributed by atoms with E-state index in [1.54, 1.807) is 4.68 Å². The number of nitrogens with one attached hydrogen (secondary N) is 1. The van der Waals surface area contributed by atoms with Crippen molar-refractivity contribution < 1.29 is 13.2 Å². The summed E-state index contributed by atoms with van der Waals surface area (Å²) in [6, 6.07) is 9.72. The Labute approximate surface area is 168 Å². The van der Waals surface area contributed by atoms with Crippen molar-refractivity contribution in [1.29, 1.82) is 0 Å². The fraction of sp³-hybridized carbons (Fsp3) is 0.550. The summed E-state index contributed by atoms with van der Waals surface area (Å²) in [6.45, 7) is 5.51. The summed E-state index contributed by atoms with van der Waals surface area (Å²) in [5, 5.41) is 8.65. The number of hydrogen-bond donors (Lipinski definition) is 1. The van der Waals surface area contributed by atoms with E-state index in [0.717, 1.165) is 23.4 Å². The molecule has 0 amide bonds. The number of hydrogen-bond acceptors (Lipinski definition) is 3. The highest BCUT2D eigenvalue weighted by Crippen LogP contribution is 2.28. The number of benzene rings is 1. The molecular formula is C20H26ClF3N4. The van der Waals surface area contributed by atoms with Gasteiger partial charge < -0.3 is 5.32 Å². The summed E-state index contributed by atoms with van der Waals surface area (Å²) in [6.07, 6.45) is -3.36. The molecule has 0 saturated carbocycles. The third-order valence-electron chi connectivity index (χ3n) is 5.01. The van der Waals surface area contributed by atoms with Gasteiger partial charge >= 0.3 is 6.18 Å². The third kappa shape index (κ3) is 5.27. The van der Waals surface area contributed by atoms with Gasteiger partial charge in [-0.2, -0.15) is 18.3 Å². The van der Waals surface area contributed by atoms with Crippen LogP contribution < -0.4 is 5.32 Å². The molecule has 1 N–H and O–H groups in total. The second kappa shape index (κ2) is 8.84. The summed E-state index contributed by atoms with van der Waals surface area (Å²) in [5.41, 5.74) is 2.79. The van der Waals surface area contributed by atoms with Crippen molar-refractivity contribution in [1.82, 2.24) is 20.0 Å². The van der Waals surface area contributed by atoms with Crippen LogP contribution in [0.1, 0.15) is 37.4 Å². The summed E-state index contributed by atoms with van der Waals surface area (Å²) in [4.78, 5) is 1.48. The van der Waals surface area contributed by atoms with Crippen molar-refractivity contribution in [3.05, 3.63) is 46.7 Å². The van der Waals surface area contributed by atoms with Crippen LogP contribution in [-0.2, 0) is 6.54 Å². The minimum atomic E-state index is -4.13. The lowest BCUT2D eigenvalue weighted by molar-refractivity contribution is -0.143. The highest BCUT2D eigenvalue weighted by atomic mass is 35.5. The van der Waals surface area contributed by atoms with Gasteiger partial charge in [-0.25, -0.2) is 4.68 Å². The second-order valence-electron chi connectivity index (χ2n) is 7.69. The predicted octanol–water partition coefficient (Wildman–Crippen LogP) is 4.62. The molecule has 0 spiro atoms. The molecule has 1 aromatic carbocycles. The first-order chi connectivity index (χ1) is 13.2. The van der Waals surface area contributed by atoms with Gasteiger partial charge in [0.25, 0.3) is 0 Å². The lowest BCUT2D eigenvalue weighted by Gasteiger charge is -2.18. The monoisotopic (exact) mass is 414 g/mol. The minimum absolute atomic E-state index is 0.216. The quantitative estimate of drug-likeness (QED) is 0.717. The first kappa shape index (κ1) is 21.1. The summed E-state index contributed by atoms with van der Waals surface area (Å²) >= 11 is 6.63. The molecule has 2 heterocycles. The van der Waals surface area contributed by atoms with Gasteiger partial charge in [-0.05, 0) is 43.5 Å². The normalized spacial score (nSPS) is 18.3. The van der Waals surface area contributed by atoms with E-state index in [1.165, 1.54) is 4.90 Å². The molecule has 1 unspecified atom stereocenters. The molecule has 8 heteroatoms. The maximum Gasteiger partial charge on any atom is 0.401 e. The number of para-hydroxylation sites is 1. The SMILES string of the molecule is CC(C)c1nn(-c2ccccc2)c(Cl)c1CNCC1CCN(CC(F)(F)F)C1. The molecule has 1 saturated heterocycles. The summed E-state index contributed by atoms with van der Waals surface area (Å²) in [7, 11) is 0. The maximum atomic E-state index is 12.5. The Morgan fingerprint density at radius 2 is 1.96 bits per heavy atom. The molecule has 0 bridgehead atoms. The summed E-state index contributed by atoms with van der Waals surface area (Å²) in [5.74, 6) is 0.431. The molecule has 2 aromatic rings. The number of alkyl halides is 3. The molecule has 28 heavy (non-hydrogen) atoms. The van der Waals surface area contributed by atoms with Crippen molar-refractivity contribution in [2.24, 2.45) is 5.92 Å². The zero-order valence-electron chi connectivity index (χ0n) is 16.1. The van der Waals surface area contributed by atoms with Crippen LogP contribution in [0.25, 0.3) is 5.69 Å². The number of rotatable bonds is 7. The lowest BCUT2D eigenvalue weighted by Crippen LogP contribution is -2.33. The fourth-order valence-corrected chi connectivity index (χ4v) is 3.99. The Hall–Kier alpha value is -1.57. The van der Waals surface area contributed by atoms with Gasteiger partial charge in [0.15, 0.2) is 0 Å². The Balaban J connectivity index is 1.62. The van der Waals surface area contributed by atoms with Gasteiger partial charge in [0, 0.05) is 18.7 Å². The Morgan fingerprint density at radius 1 is 1.25 bits per heavy atom. The van der Waals surface area contributed by atoms with Crippen molar-refractivity contribution in [2.45, 2.75) is 38.9 Å². The molecule has 0 aliphatic carbocycles. The highest BCUT2D eigenvalue weighted by Gasteiger charge is 2.34. The number of halogens is 4. The zero-order valence-corrected chi connectivity index (χ0v) is 16.9. The Bertz CT molecular complexity index is 774. The van der Waals surface area contributed by atoms with E-state index < -0.39 is 12.7 Å². The average molecular weight is 415 g/mol. The Morgan fingerprint density at radius 3 is 2.61 bits per heavy atom. The first-order valence-electron chi connectivity index (χ1n) is 9.57. The van der Waals surface area contributed by atoms with E-state index in [-0.39, 0.29) is 11.8 Å². The molecule has 154 valence electrons. The van der Waals surface area contributed by atoms with Gasteiger partial charge in [-0.3, -0.25) is 4.90 Å². The second-order valence-corrected chi connectivity index (χ2v) is 8.05. The largest absolute Gasteiger partial charge is 0.401 e. The zero-order chi connectivity index (χ0) is 20.3. The molecule has 0 radical (unpaired) electrons. The van der Waals surface area contributed by atoms with Crippen LogP contribution in [-0.4, -0.2) is 47.0 Å². The van der Waals surface area contributed by atoms with E-state index in [9.17, 15) is 13.2 Å². The molecule has 1 fully saturated rings. The van der Waals surface area contributed by atoms with Crippen molar-refractivity contribution in [3.8, 4) is 5.69 Å². The van der Waals surface area contributed by atoms with E-state index in [1.807, 2.05) is 30.3 Å². The standard InChI is InChI=1S/C20H26ClF3N4/c1-14(2)18-17(19(21)28(26-18)16-6-4-3-5-7-16)11-25-10-15-8-9-27(12-15)13-20(22,23)24/h3-7,14-15,25H,8-13H2,1-2H3. The molecule has 1 aliphatic rings. The van der Waals surface area contributed by atoms with Crippen molar-refractivity contribution >= 4 is 11.6 Å². The van der Waals surface area contributed by atoms with Gasteiger partial charge in [0.2, 0.25) is 0 Å². The van der Waals surface area contributed by atoms with Gasteiger partial charge in [-0.1, -0.05) is 43.6 Å². The Kier molecular flexibility index (Phi) is 6.68. The first-order valence-corrected chi connectivity index (χ1v) is 9.95. The molecule has 4 nitrogen and oxygen atoms in total. The topological polar surface area (TPSA) is 33.1 Å². The molecule has 1 aliphatic heterocycles. The van der Waals surface area contributed by atoms with Gasteiger partial charge in [-0.15, -0.1) is 0 Å². The number of likely N-dealkylation sites (tertiary alicyclic amines) is 1. The van der Waals surface area contributed by atoms with E-state index in [4.69, 9.17) is 16.7 Å². The van der Waals surface area contributed by atoms with Gasteiger partial charge in [0.05, 0.1) is 17.9 Å². The third-order valence-corrected chi connectivity index (χ3v) is 5.40. The summed E-state index contributed by atoms with van der Waals surface area (Å²) < 4.78 is 39.3. The number of aromatic nitrogens is 2. The van der Waals surface area contributed by atoms with Crippen LogP contribution in [0.2, 0.25) is 5.15 Å². The fourth-order valence-electron chi connectivity index (χ4n) is 3.69. The lowest BCUT2D eigenvalue weighted by atomic mass is 10.1. The van der Waals surface area contributed by atoms with E-state index >= 15 is 0 Å². The van der Waals surface area contributed by atoms with Crippen LogP contribution in [0.3, 0.4) is 0 Å². The maximum absolute atomic E-state index is 12.5. The molecule has 1 atom stereocenters.